The third-order valence-electron chi connectivity index (χ3n) is 3.54. The van der Waals surface area contributed by atoms with Crippen LogP contribution in [0.15, 0.2) is 35.1 Å². The molecule has 1 heterocycles. The highest BCUT2D eigenvalue weighted by molar-refractivity contribution is 5.59. The molecule has 2 N–H and O–H groups in total. The first kappa shape index (κ1) is 17.4. The van der Waals surface area contributed by atoms with E-state index in [9.17, 15) is 4.79 Å². The van der Waals surface area contributed by atoms with Crippen molar-refractivity contribution in [1.29, 1.82) is 0 Å². The van der Waals surface area contributed by atoms with Crippen molar-refractivity contribution in [2.45, 2.75) is 33.9 Å². The second-order valence-electron chi connectivity index (χ2n) is 6.20. The normalized spacial score (nSPS) is 11.2. The van der Waals surface area contributed by atoms with Gasteiger partial charge in [-0.05, 0) is 18.9 Å². The molecule has 0 radical (unpaired) electrons. The van der Waals surface area contributed by atoms with Crippen LogP contribution in [-0.4, -0.2) is 28.0 Å². The van der Waals surface area contributed by atoms with E-state index in [1.165, 1.54) is 5.56 Å². The minimum atomic E-state index is -0.0694. The Labute approximate surface area is 137 Å². The first-order valence-electron chi connectivity index (χ1n) is 8.01. The third-order valence-corrected chi connectivity index (χ3v) is 3.54. The molecule has 1 aromatic carbocycles. The topological polar surface area (TPSA) is 67.2 Å². The van der Waals surface area contributed by atoms with Crippen LogP contribution < -0.4 is 10.9 Å². The van der Waals surface area contributed by atoms with Crippen molar-refractivity contribution >= 4 is 0 Å². The molecule has 0 bridgehead atoms. The Hall–Kier alpha value is -1.98. The molecule has 0 unspecified atom stereocenters. The Morgan fingerprint density at radius 3 is 2.57 bits per heavy atom. The molecular formula is C18H25N3O2. The highest BCUT2D eigenvalue weighted by atomic mass is 16.3. The van der Waals surface area contributed by atoms with E-state index in [1.54, 1.807) is 4.68 Å². The largest absolute Gasteiger partial charge is 0.395 e. The molecule has 0 fully saturated rings. The summed E-state index contributed by atoms with van der Waals surface area (Å²) in [6, 6.07) is 9.96. The smallest absolute Gasteiger partial charge is 0.271 e. The highest BCUT2D eigenvalue weighted by Gasteiger charge is 2.11. The summed E-state index contributed by atoms with van der Waals surface area (Å²) in [5.74, 6) is 0.340. The molecular weight excluding hydrogens is 290 g/mol. The number of aryl methyl sites for hydroxylation is 1. The Morgan fingerprint density at radius 2 is 1.96 bits per heavy atom. The Balaban J connectivity index is 2.42. The fourth-order valence-electron chi connectivity index (χ4n) is 2.36. The number of hydrogen-bond acceptors (Lipinski definition) is 4. The molecule has 0 saturated heterocycles. The van der Waals surface area contributed by atoms with E-state index in [0.29, 0.717) is 31.1 Å². The summed E-state index contributed by atoms with van der Waals surface area (Å²) in [6.07, 6.45) is 0. The number of aliphatic hydroxyl groups excluding tert-OH is 1. The first-order valence-corrected chi connectivity index (χ1v) is 8.01. The van der Waals surface area contributed by atoms with Gasteiger partial charge in [0, 0.05) is 30.8 Å². The summed E-state index contributed by atoms with van der Waals surface area (Å²) in [7, 11) is 0. The molecule has 0 amide bonds. The van der Waals surface area contributed by atoms with E-state index in [-0.39, 0.29) is 12.2 Å². The summed E-state index contributed by atoms with van der Waals surface area (Å²) < 4.78 is 1.55. The van der Waals surface area contributed by atoms with Gasteiger partial charge >= 0.3 is 0 Å². The fourth-order valence-corrected chi connectivity index (χ4v) is 2.36. The van der Waals surface area contributed by atoms with Gasteiger partial charge in [-0.3, -0.25) is 4.79 Å². The summed E-state index contributed by atoms with van der Waals surface area (Å²) in [4.78, 5) is 12.5. The number of aromatic nitrogens is 2. The summed E-state index contributed by atoms with van der Waals surface area (Å²) in [5.41, 5.74) is 3.58. The number of aliphatic hydroxyl groups is 1. The fraction of sp³-hybridized carbons (Fsp3) is 0.444. The van der Waals surface area contributed by atoms with Crippen LogP contribution in [0.5, 0.6) is 0 Å². The Kier molecular flexibility index (Phi) is 6.07. The maximum atomic E-state index is 12.5. The molecule has 124 valence electrons. The second kappa shape index (κ2) is 8.04. The molecule has 2 aromatic rings. The summed E-state index contributed by atoms with van der Waals surface area (Å²) >= 11 is 0. The molecule has 0 spiro atoms. The van der Waals surface area contributed by atoms with Crippen LogP contribution in [0.4, 0.5) is 0 Å². The standard InChI is InChI=1S/C18H25N3O2/c1-13(2)12-21-18(23)16(11-19-8-9-22)10-17(20-21)15-6-4-14(3)5-7-15/h4-7,10,13,19,22H,8-9,11-12H2,1-3H3. The number of nitrogens with one attached hydrogen (secondary N) is 1. The van der Waals surface area contributed by atoms with Gasteiger partial charge in [0.25, 0.3) is 5.56 Å². The van der Waals surface area contributed by atoms with Crippen molar-refractivity contribution < 1.29 is 5.11 Å². The van der Waals surface area contributed by atoms with Crippen molar-refractivity contribution in [3.63, 3.8) is 0 Å². The number of benzene rings is 1. The first-order chi connectivity index (χ1) is 11.0. The minimum absolute atomic E-state index is 0.0517. The lowest BCUT2D eigenvalue weighted by Gasteiger charge is -2.13. The van der Waals surface area contributed by atoms with E-state index in [0.717, 1.165) is 11.3 Å². The zero-order valence-electron chi connectivity index (χ0n) is 14.0. The van der Waals surface area contributed by atoms with Crippen molar-refractivity contribution in [1.82, 2.24) is 15.1 Å². The zero-order chi connectivity index (χ0) is 16.8. The van der Waals surface area contributed by atoms with Gasteiger partial charge in [0.2, 0.25) is 0 Å². The Morgan fingerprint density at radius 1 is 1.26 bits per heavy atom. The average molecular weight is 315 g/mol. The monoisotopic (exact) mass is 315 g/mol. The van der Waals surface area contributed by atoms with Crippen LogP contribution >= 0.6 is 0 Å². The van der Waals surface area contributed by atoms with Crippen molar-refractivity contribution in [3.8, 4) is 11.3 Å². The average Bonchev–Trinajstić information content (AvgIpc) is 2.51. The predicted octanol–water partition coefficient (Wildman–Crippen LogP) is 1.96. The molecule has 0 aliphatic carbocycles. The highest BCUT2D eigenvalue weighted by Crippen LogP contribution is 2.17. The molecule has 23 heavy (non-hydrogen) atoms. The lowest BCUT2D eigenvalue weighted by molar-refractivity contribution is 0.291. The summed E-state index contributed by atoms with van der Waals surface area (Å²) in [6.45, 7) is 7.71. The number of hydrogen-bond donors (Lipinski definition) is 2. The molecule has 5 nitrogen and oxygen atoms in total. The van der Waals surface area contributed by atoms with Crippen molar-refractivity contribution in [2.24, 2.45) is 5.92 Å². The molecule has 0 saturated carbocycles. The van der Waals surface area contributed by atoms with Crippen molar-refractivity contribution in [2.75, 3.05) is 13.2 Å². The van der Waals surface area contributed by atoms with Crippen LogP contribution in [0.2, 0.25) is 0 Å². The maximum Gasteiger partial charge on any atom is 0.271 e. The van der Waals surface area contributed by atoms with Gasteiger partial charge in [0.1, 0.15) is 0 Å². The van der Waals surface area contributed by atoms with Crippen LogP contribution in [0, 0.1) is 12.8 Å². The molecule has 0 aliphatic heterocycles. The molecule has 0 aliphatic rings. The van der Waals surface area contributed by atoms with Crippen LogP contribution in [0.1, 0.15) is 25.0 Å². The second-order valence-corrected chi connectivity index (χ2v) is 6.20. The molecule has 1 aromatic heterocycles. The van der Waals surface area contributed by atoms with Gasteiger partial charge in [-0.25, -0.2) is 4.68 Å². The summed E-state index contributed by atoms with van der Waals surface area (Å²) in [5, 5.41) is 16.5. The lowest BCUT2D eigenvalue weighted by Crippen LogP contribution is -2.31. The quantitative estimate of drug-likeness (QED) is 0.767. The SMILES string of the molecule is Cc1ccc(-c2cc(CNCCO)c(=O)n(CC(C)C)n2)cc1. The minimum Gasteiger partial charge on any atom is -0.395 e. The number of rotatable bonds is 7. The van der Waals surface area contributed by atoms with E-state index in [1.807, 2.05) is 37.3 Å². The van der Waals surface area contributed by atoms with E-state index >= 15 is 0 Å². The van der Waals surface area contributed by atoms with E-state index in [4.69, 9.17) is 5.11 Å². The molecule has 0 atom stereocenters. The number of nitrogens with zero attached hydrogens (tertiary/aromatic N) is 2. The molecule has 5 heteroatoms. The maximum absolute atomic E-state index is 12.5. The third kappa shape index (κ3) is 4.74. The van der Waals surface area contributed by atoms with Crippen LogP contribution in [0.3, 0.4) is 0 Å². The van der Waals surface area contributed by atoms with Gasteiger partial charge in [0.05, 0.1) is 12.3 Å². The van der Waals surface area contributed by atoms with Gasteiger partial charge in [-0.2, -0.15) is 5.10 Å². The van der Waals surface area contributed by atoms with Gasteiger partial charge in [-0.1, -0.05) is 43.7 Å². The van der Waals surface area contributed by atoms with Crippen molar-refractivity contribution in [3.05, 3.63) is 51.8 Å². The van der Waals surface area contributed by atoms with Gasteiger partial charge in [-0.15, -0.1) is 0 Å². The van der Waals surface area contributed by atoms with Gasteiger partial charge in [0.15, 0.2) is 0 Å². The van der Waals surface area contributed by atoms with E-state index in [2.05, 4.69) is 24.3 Å². The lowest BCUT2D eigenvalue weighted by atomic mass is 10.1. The zero-order valence-corrected chi connectivity index (χ0v) is 14.0. The Bertz CT molecular complexity index is 690. The van der Waals surface area contributed by atoms with Crippen LogP contribution in [0.25, 0.3) is 11.3 Å². The van der Waals surface area contributed by atoms with Gasteiger partial charge < -0.3 is 10.4 Å². The van der Waals surface area contributed by atoms with Crippen LogP contribution in [-0.2, 0) is 13.1 Å². The van der Waals surface area contributed by atoms with E-state index < -0.39 is 0 Å². The molecule has 2 rings (SSSR count). The predicted molar refractivity (Wildman–Crippen MR) is 92.3 cm³/mol.